The van der Waals surface area contributed by atoms with Gasteiger partial charge in [-0.1, -0.05) is 41.9 Å². The number of aliphatic hydroxyl groups is 1. The molecule has 2 N–H and O–H groups in total. The number of halogens is 1. The molecule has 3 aromatic carbocycles. The monoisotopic (exact) mass is 471 g/mol. The Hall–Kier alpha value is -4.13. The summed E-state index contributed by atoms with van der Waals surface area (Å²) >= 11 is 6.29. The van der Waals surface area contributed by atoms with Crippen LogP contribution in [0, 0.1) is 0 Å². The van der Waals surface area contributed by atoms with E-state index in [2.05, 4.69) is 5.32 Å². The molecule has 0 saturated heterocycles. The fourth-order valence-corrected chi connectivity index (χ4v) is 3.88. The number of benzene rings is 3. The summed E-state index contributed by atoms with van der Waals surface area (Å²) in [5, 5.41) is 13.3. The molecule has 2 aromatic heterocycles. The van der Waals surface area contributed by atoms with Crippen molar-refractivity contribution in [3.63, 3.8) is 0 Å². The molecule has 5 rings (SSSR count). The lowest BCUT2D eigenvalue weighted by Gasteiger charge is -2.09. The molecule has 0 saturated carbocycles. The van der Waals surface area contributed by atoms with Crippen molar-refractivity contribution in [1.82, 2.24) is 0 Å². The first-order valence-electron chi connectivity index (χ1n) is 10.5. The summed E-state index contributed by atoms with van der Waals surface area (Å²) < 4.78 is 11.0. The van der Waals surface area contributed by atoms with E-state index < -0.39 is 5.63 Å². The maximum atomic E-state index is 12.8. The molecule has 34 heavy (non-hydrogen) atoms. The molecule has 7 heteroatoms. The van der Waals surface area contributed by atoms with Gasteiger partial charge in [-0.25, -0.2) is 4.79 Å². The second-order valence-electron chi connectivity index (χ2n) is 7.64. The number of rotatable bonds is 5. The summed E-state index contributed by atoms with van der Waals surface area (Å²) in [6, 6.07) is 24.2. The highest BCUT2D eigenvalue weighted by molar-refractivity contribution is 6.33. The van der Waals surface area contributed by atoms with Gasteiger partial charge in [0.05, 0.1) is 10.6 Å². The van der Waals surface area contributed by atoms with Gasteiger partial charge < -0.3 is 19.3 Å². The van der Waals surface area contributed by atoms with Crippen LogP contribution in [-0.4, -0.2) is 11.0 Å². The van der Waals surface area contributed by atoms with Gasteiger partial charge in [-0.15, -0.1) is 0 Å². The van der Waals surface area contributed by atoms with E-state index in [1.54, 1.807) is 66.7 Å². The molecule has 0 atom stereocenters. The number of fused-ring (bicyclic) bond motifs is 1. The van der Waals surface area contributed by atoms with Gasteiger partial charge in [0.25, 0.3) is 5.91 Å². The van der Waals surface area contributed by atoms with E-state index in [4.69, 9.17) is 20.4 Å². The largest absolute Gasteiger partial charge is 0.459 e. The van der Waals surface area contributed by atoms with Crippen LogP contribution in [-0.2, 0) is 6.61 Å². The molecule has 0 fully saturated rings. The van der Waals surface area contributed by atoms with Gasteiger partial charge in [0.15, 0.2) is 0 Å². The average molecular weight is 472 g/mol. The number of aliphatic hydroxyl groups excluding tert-OH is 1. The Kier molecular flexibility index (Phi) is 5.76. The van der Waals surface area contributed by atoms with Crippen molar-refractivity contribution >= 4 is 34.2 Å². The van der Waals surface area contributed by atoms with Crippen molar-refractivity contribution in [1.29, 1.82) is 0 Å². The zero-order valence-corrected chi connectivity index (χ0v) is 18.5. The fourth-order valence-electron chi connectivity index (χ4n) is 3.67. The number of furan rings is 1. The number of para-hydroxylation sites is 1. The second-order valence-corrected chi connectivity index (χ2v) is 8.04. The molecule has 6 nitrogen and oxygen atoms in total. The number of nitrogens with one attached hydrogen (secondary N) is 1. The summed E-state index contributed by atoms with van der Waals surface area (Å²) in [5.41, 5.74) is 2.72. The maximum absolute atomic E-state index is 12.8. The quantitative estimate of drug-likeness (QED) is 0.301. The normalized spacial score (nSPS) is 11.0. The number of hydrogen-bond donors (Lipinski definition) is 2. The second kappa shape index (κ2) is 9.02. The molecule has 2 heterocycles. The predicted octanol–water partition coefficient (Wildman–Crippen LogP) is 6.12. The van der Waals surface area contributed by atoms with E-state index >= 15 is 0 Å². The van der Waals surface area contributed by atoms with E-state index in [1.807, 2.05) is 18.2 Å². The molecule has 0 aliphatic rings. The van der Waals surface area contributed by atoms with Gasteiger partial charge in [-0.2, -0.15) is 0 Å². The Morgan fingerprint density at radius 2 is 1.68 bits per heavy atom. The minimum atomic E-state index is -0.438. The van der Waals surface area contributed by atoms with E-state index in [1.165, 1.54) is 0 Å². The molecular weight excluding hydrogens is 454 g/mol. The zero-order valence-electron chi connectivity index (χ0n) is 17.7. The predicted molar refractivity (Wildman–Crippen MR) is 131 cm³/mol. The molecule has 0 spiro atoms. The smallest absolute Gasteiger partial charge is 0.344 e. The molecule has 0 radical (unpaired) electrons. The van der Waals surface area contributed by atoms with Gasteiger partial charge in [0.1, 0.15) is 23.7 Å². The Balaban J connectivity index is 1.38. The first-order chi connectivity index (χ1) is 16.5. The first-order valence-corrected chi connectivity index (χ1v) is 10.8. The van der Waals surface area contributed by atoms with Gasteiger partial charge >= 0.3 is 5.63 Å². The Morgan fingerprint density at radius 1 is 0.882 bits per heavy atom. The maximum Gasteiger partial charge on any atom is 0.344 e. The SMILES string of the molecule is O=C(Nc1ccc(Cl)c(-c2ccc(CO)o2)c1)c1ccc(-c2cc3ccccc3oc2=O)cc1. The first kappa shape index (κ1) is 21.7. The Morgan fingerprint density at radius 3 is 2.44 bits per heavy atom. The van der Waals surface area contributed by atoms with Gasteiger partial charge in [0, 0.05) is 22.2 Å². The van der Waals surface area contributed by atoms with Crippen LogP contribution in [0.25, 0.3) is 33.4 Å². The van der Waals surface area contributed by atoms with Crippen LogP contribution in [0.1, 0.15) is 16.1 Å². The minimum Gasteiger partial charge on any atom is -0.459 e. The van der Waals surface area contributed by atoms with Crippen LogP contribution in [0.15, 0.2) is 98.6 Å². The minimum absolute atomic E-state index is 0.217. The highest BCUT2D eigenvalue weighted by Crippen LogP contribution is 2.32. The summed E-state index contributed by atoms with van der Waals surface area (Å²) in [5.74, 6) is 0.589. The van der Waals surface area contributed by atoms with Crippen molar-refractivity contribution in [2.45, 2.75) is 6.61 Å². The molecular formula is C27H18ClNO5. The summed E-state index contributed by atoms with van der Waals surface area (Å²) in [6.07, 6.45) is 0. The van der Waals surface area contributed by atoms with E-state index in [9.17, 15) is 14.7 Å². The van der Waals surface area contributed by atoms with E-state index in [0.717, 1.165) is 5.39 Å². The number of anilines is 1. The van der Waals surface area contributed by atoms with Crippen LogP contribution >= 0.6 is 11.6 Å². The lowest BCUT2D eigenvalue weighted by atomic mass is 10.0. The third kappa shape index (κ3) is 4.24. The zero-order chi connectivity index (χ0) is 23.7. The highest BCUT2D eigenvalue weighted by Gasteiger charge is 2.13. The van der Waals surface area contributed by atoms with Gasteiger partial charge in [-0.3, -0.25) is 4.79 Å². The Bertz CT molecular complexity index is 1570. The highest BCUT2D eigenvalue weighted by atomic mass is 35.5. The van der Waals surface area contributed by atoms with Crippen LogP contribution in [0.4, 0.5) is 5.69 Å². The summed E-state index contributed by atoms with van der Waals surface area (Å²) in [7, 11) is 0. The molecule has 0 unspecified atom stereocenters. The molecule has 0 aliphatic carbocycles. The standard InChI is InChI=1S/C27H18ClNO5/c28-23-11-9-19(14-22(23)25-12-10-20(15-30)33-25)29-26(31)17-7-5-16(6-8-17)21-13-18-3-1-2-4-24(18)34-27(21)32/h1-14,30H,15H2,(H,29,31). The van der Waals surface area contributed by atoms with Crippen molar-refractivity contribution in [2.24, 2.45) is 0 Å². The number of hydrogen-bond acceptors (Lipinski definition) is 5. The number of amides is 1. The molecule has 0 bridgehead atoms. The lowest BCUT2D eigenvalue weighted by molar-refractivity contribution is 0.102. The third-order valence-electron chi connectivity index (χ3n) is 5.41. The molecule has 5 aromatic rings. The topological polar surface area (TPSA) is 92.7 Å². The number of carbonyl (C=O) groups excluding carboxylic acids is 1. The van der Waals surface area contributed by atoms with E-state index in [0.29, 0.717) is 50.1 Å². The van der Waals surface area contributed by atoms with Crippen LogP contribution in [0.2, 0.25) is 5.02 Å². The Labute approximate surface area is 199 Å². The van der Waals surface area contributed by atoms with Crippen molar-refractivity contribution in [3.05, 3.63) is 112 Å². The molecule has 168 valence electrons. The van der Waals surface area contributed by atoms with Crippen molar-refractivity contribution in [3.8, 4) is 22.5 Å². The average Bonchev–Trinajstić information content (AvgIpc) is 3.34. The molecule has 1 amide bonds. The summed E-state index contributed by atoms with van der Waals surface area (Å²) in [4.78, 5) is 25.2. The van der Waals surface area contributed by atoms with Gasteiger partial charge in [0.2, 0.25) is 0 Å². The van der Waals surface area contributed by atoms with E-state index in [-0.39, 0.29) is 12.5 Å². The van der Waals surface area contributed by atoms with Crippen LogP contribution in [0.5, 0.6) is 0 Å². The number of carbonyl (C=O) groups is 1. The van der Waals surface area contributed by atoms with Crippen LogP contribution in [0.3, 0.4) is 0 Å². The van der Waals surface area contributed by atoms with Crippen molar-refractivity contribution in [2.75, 3.05) is 5.32 Å². The van der Waals surface area contributed by atoms with Crippen molar-refractivity contribution < 1.29 is 18.7 Å². The van der Waals surface area contributed by atoms with Crippen LogP contribution < -0.4 is 10.9 Å². The molecule has 0 aliphatic heterocycles. The third-order valence-corrected chi connectivity index (χ3v) is 5.74. The summed E-state index contributed by atoms with van der Waals surface area (Å²) in [6.45, 7) is -0.217. The van der Waals surface area contributed by atoms with Gasteiger partial charge in [-0.05, 0) is 60.2 Å². The lowest BCUT2D eigenvalue weighted by Crippen LogP contribution is -2.12. The fraction of sp³-hybridized carbons (Fsp3) is 0.0370.